The van der Waals surface area contributed by atoms with Crippen molar-refractivity contribution in [3.05, 3.63) is 29.6 Å². The Hall–Kier alpha value is -1.88. The van der Waals surface area contributed by atoms with Crippen LogP contribution in [0.2, 0.25) is 0 Å². The van der Waals surface area contributed by atoms with Crippen molar-refractivity contribution in [2.45, 2.75) is 12.8 Å². The molecular weight excluding hydrogens is 218 g/mol. The van der Waals surface area contributed by atoms with Crippen LogP contribution in [0.15, 0.2) is 22.7 Å². The number of rotatable bonds is 3. The van der Waals surface area contributed by atoms with Gasteiger partial charge in [-0.3, -0.25) is 0 Å². The van der Waals surface area contributed by atoms with Gasteiger partial charge in [-0.1, -0.05) is 5.16 Å². The van der Waals surface area contributed by atoms with Crippen molar-refractivity contribution in [3.63, 3.8) is 0 Å². The summed E-state index contributed by atoms with van der Waals surface area (Å²) in [5.41, 5.74) is 3.40. The van der Waals surface area contributed by atoms with Crippen LogP contribution in [0.25, 0.3) is 11.5 Å². The molecule has 0 bridgehead atoms. The Morgan fingerprint density at radius 2 is 2.35 bits per heavy atom. The van der Waals surface area contributed by atoms with Crippen molar-refractivity contribution in [3.8, 4) is 11.5 Å². The predicted molar refractivity (Wildman–Crippen MR) is 62.7 cm³/mol. The third-order valence-corrected chi connectivity index (χ3v) is 2.87. The van der Waals surface area contributed by atoms with Crippen LogP contribution in [0.4, 0.5) is 5.69 Å². The molecule has 0 saturated heterocycles. The molecule has 0 radical (unpaired) electrons. The Morgan fingerprint density at radius 3 is 3.24 bits per heavy atom. The van der Waals surface area contributed by atoms with Crippen LogP contribution in [-0.2, 0) is 12.8 Å². The highest BCUT2D eigenvalue weighted by Crippen LogP contribution is 2.27. The van der Waals surface area contributed by atoms with Gasteiger partial charge in [0, 0.05) is 24.2 Å². The Kier molecular flexibility index (Phi) is 2.53. The van der Waals surface area contributed by atoms with Gasteiger partial charge in [0.15, 0.2) is 5.82 Å². The second-order valence-electron chi connectivity index (χ2n) is 4.04. The van der Waals surface area contributed by atoms with E-state index >= 15 is 0 Å². The largest absolute Gasteiger partial charge is 0.396 e. The van der Waals surface area contributed by atoms with Crippen LogP contribution in [0.3, 0.4) is 0 Å². The van der Waals surface area contributed by atoms with E-state index in [-0.39, 0.29) is 6.61 Å². The number of nitrogens with zero attached hydrogens (tertiary/aromatic N) is 2. The maximum Gasteiger partial charge on any atom is 0.257 e. The zero-order valence-corrected chi connectivity index (χ0v) is 9.31. The molecular formula is C12H13N3O2. The number of benzene rings is 1. The summed E-state index contributed by atoms with van der Waals surface area (Å²) in [6.45, 7) is 1.02. The molecule has 0 amide bonds. The number of hydrogen-bond acceptors (Lipinski definition) is 5. The first-order valence-electron chi connectivity index (χ1n) is 5.67. The SMILES string of the molecule is OCCc1noc(-c2ccc3c(c2)CCN3)n1. The van der Waals surface area contributed by atoms with Crippen LogP contribution in [0.1, 0.15) is 11.4 Å². The molecule has 0 unspecified atom stereocenters. The molecule has 1 aromatic carbocycles. The Labute approximate surface area is 98.5 Å². The van der Waals surface area contributed by atoms with Crippen molar-refractivity contribution in [2.75, 3.05) is 18.5 Å². The van der Waals surface area contributed by atoms with Gasteiger partial charge in [0.25, 0.3) is 5.89 Å². The molecule has 2 aromatic rings. The Bertz CT molecular complexity index is 536. The van der Waals surface area contributed by atoms with Crippen LogP contribution < -0.4 is 5.32 Å². The van der Waals surface area contributed by atoms with Gasteiger partial charge in [-0.15, -0.1) is 0 Å². The van der Waals surface area contributed by atoms with Crippen molar-refractivity contribution >= 4 is 5.69 Å². The van der Waals surface area contributed by atoms with Gasteiger partial charge >= 0.3 is 0 Å². The number of aliphatic hydroxyl groups is 1. The predicted octanol–water partition coefficient (Wildman–Crippen LogP) is 1.24. The highest BCUT2D eigenvalue weighted by atomic mass is 16.5. The maximum absolute atomic E-state index is 8.80. The standard InChI is InChI=1S/C12H13N3O2/c16-6-4-11-14-12(17-15-11)9-1-2-10-8(7-9)3-5-13-10/h1-2,7,13,16H,3-6H2. The highest BCUT2D eigenvalue weighted by molar-refractivity contribution is 5.64. The quantitative estimate of drug-likeness (QED) is 0.831. The van der Waals surface area contributed by atoms with Gasteiger partial charge in [0.2, 0.25) is 0 Å². The molecule has 88 valence electrons. The Morgan fingerprint density at radius 1 is 1.41 bits per heavy atom. The number of hydrogen-bond donors (Lipinski definition) is 2. The summed E-state index contributed by atoms with van der Waals surface area (Å²) in [5, 5.41) is 15.9. The fraction of sp³-hybridized carbons (Fsp3) is 0.333. The number of aliphatic hydroxyl groups excluding tert-OH is 1. The summed E-state index contributed by atoms with van der Waals surface area (Å²) >= 11 is 0. The first-order valence-corrected chi connectivity index (χ1v) is 5.67. The lowest BCUT2D eigenvalue weighted by molar-refractivity contribution is 0.293. The molecule has 0 spiro atoms. The average Bonchev–Trinajstić information content (AvgIpc) is 2.96. The van der Waals surface area contributed by atoms with Crippen LogP contribution in [0, 0.1) is 0 Å². The van der Waals surface area contributed by atoms with Gasteiger partial charge in [-0.2, -0.15) is 4.98 Å². The zero-order chi connectivity index (χ0) is 11.7. The number of aromatic nitrogens is 2. The molecule has 0 atom stereocenters. The normalized spacial score (nSPS) is 13.5. The summed E-state index contributed by atoms with van der Waals surface area (Å²) in [6, 6.07) is 6.08. The van der Waals surface area contributed by atoms with Crippen LogP contribution in [-0.4, -0.2) is 28.4 Å². The monoisotopic (exact) mass is 231 g/mol. The van der Waals surface area contributed by atoms with Crippen LogP contribution in [0.5, 0.6) is 0 Å². The third kappa shape index (κ3) is 1.89. The molecule has 1 aromatic heterocycles. The summed E-state index contributed by atoms with van der Waals surface area (Å²) in [4.78, 5) is 4.24. The molecule has 17 heavy (non-hydrogen) atoms. The van der Waals surface area contributed by atoms with Crippen molar-refractivity contribution < 1.29 is 9.63 Å². The van der Waals surface area contributed by atoms with Gasteiger partial charge < -0.3 is 14.9 Å². The molecule has 2 heterocycles. The average molecular weight is 231 g/mol. The molecule has 5 nitrogen and oxygen atoms in total. The molecule has 0 saturated carbocycles. The van der Waals surface area contributed by atoms with Crippen molar-refractivity contribution in [2.24, 2.45) is 0 Å². The van der Waals surface area contributed by atoms with E-state index in [0.29, 0.717) is 18.1 Å². The van der Waals surface area contributed by atoms with Gasteiger partial charge in [-0.05, 0) is 30.2 Å². The minimum Gasteiger partial charge on any atom is -0.396 e. The van der Waals surface area contributed by atoms with E-state index in [2.05, 4.69) is 21.5 Å². The van der Waals surface area contributed by atoms with Crippen molar-refractivity contribution in [1.82, 2.24) is 10.1 Å². The highest BCUT2D eigenvalue weighted by Gasteiger charge is 2.14. The summed E-state index contributed by atoms with van der Waals surface area (Å²) in [7, 11) is 0. The van der Waals surface area contributed by atoms with E-state index in [0.717, 1.165) is 18.5 Å². The first-order chi connectivity index (χ1) is 8.36. The lowest BCUT2D eigenvalue weighted by Gasteiger charge is -2.00. The van der Waals surface area contributed by atoms with E-state index in [1.807, 2.05) is 12.1 Å². The van der Waals surface area contributed by atoms with Crippen molar-refractivity contribution in [1.29, 1.82) is 0 Å². The third-order valence-electron chi connectivity index (χ3n) is 2.87. The molecule has 3 rings (SSSR count). The molecule has 5 heteroatoms. The van der Waals surface area contributed by atoms with Crippen LogP contribution >= 0.6 is 0 Å². The lowest BCUT2D eigenvalue weighted by atomic mass is 10.1. The molecule has 0 fully saturated rings. The van der Waals surface area contributed by atoms with Gasteiger partial charge in [0.1, 0.15) is 0 Å². The van der Waals surface area contributed by atoms with E-state index < -0.39 is 0 Å². The zero-order valence-electron chi connectivity index (χ0n) is 9.31. The van der Waals surface area contributed by atoms with E-state index in [1.165, 1.54) is 11.3 Å². The smallest absolute Gasteiger partial charge is 0.257 e. The second-order valence-corrected chi connectivity index (χ2v) is 4.04. The fourth-order valence-corrected chi connectivity index (χ4v) is 2.01. The van der Waals surface area contributed by atoms with E-state index in [4.69, 9.17) is 9.63 Å². The van der Waals surface area contributed by atoms with Gasteiger partial charge in [-0.25, -0.2) is 0 Å². The number of nitrogens with one attached hydrogen (secondary N) is 1. The molecule has 1 aliphatic rings. The topological polar surface area (TPSA) is 71.2 Å². The second kappa shape index (κ2) is 4.18. The van der Waals surface area contributed by atoms with E-state index in [9.17, 15) is 0 Å². The number of fused-ring (bicyclic) bond motifs is 1. The molecule has 0 aliphatic carbocycles. The summed E-state index contributed by atoms with van der Waals surface area (Å²) in [5.74, 6) is 1.06. The fourth-order valence-electron chi connectivity index (χ4n) is 2.01. The molecule has 1 aliphatic heterocycles. The first kappa shape index (κ1) is 10.3. The molecule has 2 N–H and O–H groups in total. The number of anilines is 1. The Balaban J connectivity index is 1.92. The minimum absolute atomic E-state index is 0.0348. The van der Waals surface area contributed by atoms with E-state index in [1.54, 1.807) is 0 Å². The minimum atomic E-state index is 0.0348. The van der Waals surface area contributed by atoms with Gasteiger partial charge in [0.05, 0.1) is 6.61 Å². The lowest BCUT2D eigenvalue weighted by Crippen LogP contribution is -1.92. The summed E-state index contributed by atoms with van der Waals surface area (Å²) < 4.78 is 5.17. The maximum atomic E-state index is 8.80. The summed E-state index contributed by atoms with van der Waals surface area (Å²) in [6.07, 6.45) is 1.46.